The van der Waals surface area contributed by atoms with E-state index in [2.05, 4.69) is 20.9 Å². The summed E-state index contributed by atoms with van der Waals surface area (Å²) in [6.45, 7) is 1.80. The van der Waals surface area contributed by atoms with Gasteiger partial charge in [-0.05, 0) is 42.8 Å². The number of carbonyl (C=O) groups is 1. The van der Waals surface area contributed by atoms with Crippen LogP contribution in [0.5, 0.6) is 0 Å². The molecule has 0 aliphatic heterocycles. The summed E-state index contributed by atoms with van der Waals surface area (Å²) >= 11 is 3.28. The number of hydrogen-bond donors (Lipinski definition) is 1. The Labute approximate surface area is 146 Å². The molecule has 1 aromatic carbocycles. The third-order valence-electron chi connectivity index (χ3n) is 3.46. The van der Waals surface area contributed by atoms with Gasteiger partial charge in [0.15, 0.2) is 0 Å². The molecule has 0 saturated heterocycles. The molecular formula is C17H14BrN3O3. The van der Waals surface area contributed by atoms with Crippen LogP contribution in [0.25, 0.3) is 5.65 Å². The lowest BCUT2D eigenvalue weighted by Crippen LogP contribution is -2.17. The van der Waals surface area contributed by atoms with Crippen molar-refractivity contribution in [3.8, 4) is 0 Å². The van der Waals surface area contributed by atoms with Crippen molar-refractivity contribution >= 4 is 33.2 Å². The fourth-order valence-corrected chi connectivity index (χ4v) is 2.61. The van der Waals surface area contributed by atoms with Gasteiger partial charge in [-0.25, -0.2) is 9.78 Å². The minimum Gasteiger partial charge on any atom is -0.456 e. The topological polar surface area (TPSA) is 86.7 Å². The number of nitrogen functional groups attached to an aromatic ring is 1. The van der Waals surface area contributed by atoms with Crippen molar-refractivity contribution in [1.29, 1.82) is 0 Å². The van der Waals surface area contributed by atoms with E-state index in [1.807, 2.05) is 13.0 Å². The largest absolute Gasteiger partial charge is 0.456 e. The van der Waals surface area contributed by atoms with Gasteiger partial charge in [0.05, 0.1) is 11.3 Å². The third kappa shape index (κ3) is 3.30. The molecule has 2 N–H and O–H groups in total. The Bertz CT molecular complexity index is 998. The zero-order chi connectivity index (χ0) is 17.3. The maximum atomic E-state index is 12.2. The van der Waals surface area contributed by atoms with Crippen LogP contribution >= 0.6 is 15.9 Å². The SMILES string of the molecule is Cc1ccn2c(=O)cc(COC(=O)c3cc(Br)ccc3N)nc2c1. The predicted molar refractivity (Wildman–Crippen MR) is 93.9 cm³/mol. The molecule has 0 atom stereocenters. The van der Waals surface area contributed by atoms with Crippen molar-refractivity contribution in [1.82, 2.24) is 9.38 Å². The van der Waals surface area contributed by atoms with Crippen molar-refractivity contribution in [3.63, 3.8) is 0 Å². The van der Waals surface area contributed by atoms with E-state index in [0.717, 1.165) is 10.0 Å². The molecule has 0 aliphatic rings. The van der Waals surface area contributed by atoms with Gasteiger partial charge in [0, 0.05) is 22.4 Å². The van der Waals surface area contributed by atoms with Gasteiger partial charge in [0.2, 0.25) is 0 Å². The Morgan fingerprint density at radius 2 is 2.08 bits per heavy atom. The zero-order valence-electron chi connectivity index (χ0n) is 12.8. The van der Waals surface area contributed by atoms with Crippen LogP contribution in [0.2, 0.25) is 0 Å². The van der Waals surface area contributed by atoms with E-state index < -0.39 is 5.97 Å². The van der Waals surface area contributed by atoms with Crippen molar-refractivity contribution in [2.24, 2.45) is 0 Å². The van der Waals surface area contributed by atoms with Crippen LogP contribution in [0.3, 0.4) is 0 Å². The van der Waals surface area contributed by atoms with Gasteiger partial charge in [-0.3, -0.25) is 9.20 Å². The number of nitrogens with two attached hydrogens (primary N) is 1. The summed E-state index contributed by atoms with van der Waals surface area (Å²) in [6.07, 6.45) is 1.66. The molecule has 3 aromatic rings. The summed E-state index contributed by atoms with van der Waals surface area (Å²) in [5.74, 6) is -0.569. The van der Waals surface area contributed by atoms with Gasteiger partial charge in [0.25, 0.3) is 5.56 Å². The highest BCUT2D eigenvalue weighted by molar-refractivity contribution is 9.10. The molecule has 24 heavy (non-hydrogen) atoms. The van der Waals surface area contributed by atoms with E-state index in [4.69, 9.17) is 10.5 Å². The highest BCUT2D eigenvalue weighted by Crippen LogP contribution is 2.19. The summed E-state index contributed by atoms with van der Waals surface area (Å²) < 4.78 is 7.39. The van der Waals surface area contributed by atoms with Gasteiger partial charge in [-0.15, -0.1) is 0 Å². The predicted octanol–water partition coefficient (Wildman–Crippen LogP) is 2.70. The molecule has 3 rings (SSSR count). The van der Waals surface area contributed by atoms with Crippen molar-refractivity contribution in [2.75, 3.05) is 5.73 Å². The van der Waals surface area contributed by atoms with Gasteiger partial charge < -0.3 is 10.5 Å². The number of carbonyl (C=O) groups excluding carboxylic acids is 1. The summed E-state index contributed by atoms with van der Waals surface area (Å²) in [5, 5.41) is 0. The van der Waals surface area contributed by atoms with E-state index in [9.17, 15) is 9.59 Å². The second kappa shape index (κ2) is 6.45. The normalized spacial score (nSPS) is 10.8. The number of pyridine rings is 1. The number of esters is 1. The number of ether oxygens (including phenoxy) is 1. The number of nitrogens with zero attached hydrogens (tertiary/aromatic N) is 2. The van der Waals surface area contributed by atoms with Crippen LogP contribution in [0.1, 0.15) is 21.6 Å². The smallest absolute Gasteiger partial charge is 0.340 e. The van der Waals surface area contributed by atoms with Crippen LogP contribution in [0.15, 0.2) is 51.9 Å². The highest BCUT2D eigenvalue weighted by Gasteiger charge is 2.13. The van der Waals surface area contributed by atoms with E-state index in [-0.39, 0.29) is 17.7 Å². The van der Waals surface area contributed by atoms with Crippen molar-refractivity contribution in [2.45, 2.75) is 13.5 Å². The molecule has 7 heteroatoms. The standard InChI is InChI=1S/C17H14BrN3O3/c1-10-4-5-21-15(6-10)20-12(8-16(21)22)9-24-17(23)13-7-11(18)2-3-14(13)19/h2-8H,9,19H2,1H3. The van der Waals surface area contributed by atoms with E-state index in [1.54, 1.807) is 30.5 Å². The molecule has 6 nitrogen and oxygen atoms in total. The first-order valence-electron chi connectivity index (χ1n) is 7.15. The Morgan fingerprint density at radius 3 is 2.88 bits per heavy atom. The third-order valence-corrected chi connectivity index (χ3v) is 3.96. The molecule has 0 aliphatic carbocycles. The Morgan fingerprint density at radius 1 is 1.29 bits per heavy atom. The number of aromatic nitrogens is 2. The summed E-state index contributed by atoms with van der Waals surface area (Å²) in [6, 6.07) is 9.90. The summed E-state index contributed by atoms with van der Waals surface area (Å²) in [4.78, 5) is 28.6. The Kier molecular flexibility index (Phi) is 4.35. The van der Waals surface area contributed by atoms with Crippen LogP contribution in [-0.4, -0.2) is 15.4 Å². The molecule has 2 aromatic heterocycles. The lowest BCUT2D eigenvalue weighted by molar-refractivity contribution is 0.0469. The maximum absolute atomic E-state index is 12.2. The van der Waals surface area contributed by atoms with Crippen molar-refractivity contribution in [3.05, 3.63) is 74.2 Å². The number of fused-ring (bicyclic) bond motifs is 1. The van der Waals surface area contributed by atoms with Gasteiger partial charge in [-0.2, -0.15) is 0 Å². The maximum Gasteiger partial charge on any atom is 0.340 e. The van der Waals surface area contributed by atoms with E-state index in [1.165, 1.54) is 10.5 Å². The molecule has 0 fully saturated rings. The monoisotopic (exact) mass is 387 g/mol. The minimum absolute atomic E-state index is 0.107. The average Bonchev–Trinajstić information content (AvgIpc) is 2.54. The molecule has 0 bridgehead atoms. The lowest BCUT2D eigenvalue weighted by atomic mass is 10.2. The number of hydrogen-bond acceptors (Lipinski definition) is 5. The van der Waals surface area contributed by atoms with Crippen LogP contribution in [0.4, 0.5) is 5.69 Å². The molecule has 122 valence electrons. The zero-order valence-corrected chi connectivity index (χ0v) is 14.4. The molecule has 2 heterocycles. The number of rotatable bonds is 3. The van der Waals surface area contributed by atoms with Crippen LogP contribution in [0, 0.1) is 6.92 Å². The highest BCUT2D eigenvalue weighted by atomic mass is 79.9. The summed E-state index contributed by atoms with van der Waals surface area (Å²) in [7, 11) is 0. The van der Waals surface area contributed by atoms with Gasteiger partial charge in [0.1, 0.15) is 12.3 Å². The molecule has 0 spiro atoms. The van der Waals surface area contributed by atoms with Crippen LogP contribution < -0.4 is 11.3 Å². The fraction of sp³-hybridized carbons (Fsp3) is 0.118. The molecule has 0 saturated carbocycles. The molecule has 0 amide bonds. The molecular weight excluding hydrogens is 374 g/mol. The van der Waals surface area contributed by atoms with E-state index in [0.29, 0.717) is 17.0 Å². The minimum atomic E-state index is -0.569. The lowest BCUT2D eigenvalue weighted by Gasteiger charge is -2.08. The fourth-order valence-electron chi connectivity index (χ4n) is 2.25. The first-order chi connectivity index (χ1) is 11.4. The van der Waals surface area contributed by atoms with E-state index >= 15 is 0 Å². The second-order valence-electron chi connectivity index (χ2n) is 5.33. The average molecular weight is 388 g/mol. The van der Waals surface area contributed by atoms with Gasteiger partial charge in [-0.1, -0.05) is 15.9 Å². The summed E-state index contributed by atoms with van der Waals surface area (Å²) in [5.41, 5.74) is 8.02. The van der Waals surface area contributed by atoms with Gasteiger partial charge >= 0.3 is 5.97 Å². The van der Waals surface area contributed by atoms with Crippen LogP contribution in [-0.2, 0) is 11.3 Å². The van der Waals surface area contributed by atoms with Crippen molar-refractivity contribution < 1.29 is 9.53 Å². The number of anilines is 1. The first-order valence-corrected chi connectivity index (χ1v) is 7.94. The number of aryl methyl sites for hydroxylation is 1. The second-order valence-corrected chi connectivity index (χ2v) is 6.24. The molecule has 0 unspecified atom stereocenters. The Hall–Kier alpha value is -2.67. The quantitative estimate of drug-likeness (QED) is 0.551. The number of halogens is 1. The first kappa shape index (κ1) is 16.2. The number of benzene rings is 1. The Balaban J connectivity index is 1.84. The molecule has 0 radical (unpaired) electrons.